The third-order valence-corrected chi connectivity index (χ3v) is 6.79. The van der Waals surface area contributed by atoms with E-state index in [9.17, 15) is 9.59 Å². The van der Waals surface area contributed by atoms with Crippen LogP contribution < -0.4 is 5.32 Å². The lowest BCUT2D eigenvalue weighted by atomic mass is 9.95. The van der Waals surface area contributed by atoms with Gasteiger partial charge in [0.1, 0.15) is 11.2 Å². The molecule has 1 aromatic rings. The number of esters is 1. The molecule has 3 rings (SSSR count). The predicted octanol–water partition coefficient (Wildman–Crippen LogP) is 4.08. The number of ether oxygens (including phenoxy) is 2. The Kier molecular flexibility index (Phi) is 7.14. The molecule has 7 nitrogen and oxygen atoms in total. The lowest BCUT2D eigenvalue weighted by molar-refractivity contribution is 0.0493. The summed E-state index contributed by atoms with van der Waals surface area (Å²) in [5, 5.41) is 8.21. The fraction of sp³-hybridized carbons (Fsp3) is 0.762. The first-order chi connectivity index (χ1) is 13.8. The summed E-state index contributed by atoms with van der Waals surface area (Å²) >= 11 is 1.86. The monoisotopic (exact) mass is 423 g/mol. The average Bonchev–Trinajstić information content (AvgIpc) is 3.03. The summed E-state index contributed by atoms with van der Waals surface area (Å²) in [7, 11) is 1.44. The topological polar surface area (TPSA) is 82.4 Å². The summed E-state index contributed by atoms with van der Waals surface area (Å²) in [6.07, 6.45) is 6.72. The molecule has 0 aromatic carbocycles. The van der Waals surface area contributed by atoms with Gasteiger partial charge in [0.25, 0.3) is 0 Å². The van der Waals surface area contributed by atoms with Crippen molar-refractivity contribution in [1.29, 1.82) is 0 Å². The van der Waals surface area contributed by atoms with E-state index in [0.717, 1.165) is 68.6 Å². The van der Waals surface area contributed by atoms with E-state index in [1.54, 1.807) is 0 Å². The maximum atomic E-state index is 12.3. The number of alkyl carbamates (subject to hydrolysis) is 1. The molecular weight excluding hydrogens is 390 g/mol. The molecule has 2 aliphatic rings. The number of fused-ring (bicyclic) bond motifs is 1. The van der Waals surface area contributed by atoms with Gasteiger partial charge in [-0.3, -0.25) is 4.68 Å². The van der Waals surface area contributed by atoms with Crippen LogP contribution in [0.2, 0.25) is 0 Å². The Morgan fingerprint density at radius 1 is 1.21 bits per heavy atom. The Labute approximate surface area is 177 Å². The highest BCUT2D eigenvalue weighted by Gasteiger charge is 2.28. The molecule has 1 saturated carbocycles. The first-order valence-electron chi connectivity index (χ1n) is 10.5. The van der Waals surface area contributed by atoms with Gasteiger partial charge in [0, 0.05) is 23.6 Å². The van der Waals surface area contributed by atoms with Crippen LogP contribution in [-0.2, 0) is 28.2 Å². The SMILES string of the molecule is COC(=O)c1c(CSC2CCC(NC(=O)OC(C)(C)C)CC2)nn2c1CCCC2. The predicted molar refractivity (Wildman–Crippen MR) is 113 cm³/mol. The van der Waals surface area contributed by atoms with E-state index in [0.29, 0.717) is 10.8 Å². The van der Waals surface area contributed by atoms with E-state index >= 15 is 0 Å². The summed E-state index contributed by atoms with van der Waals surface area (Å²) in [5.41, 5.74) is 2.09. The van der Waals surface area contributed by atoms with Crippen molar-refractivity contribution in [2.75, 3.05) is 7.11 Å². The minimum atomic E-state index is -0.474. The summed E-state index contributed by atoms with van der Waals surface area (Å²) < 4.78 is 12.4. The molecule has 0 spiro atoms. The Morgan fingerprint density at radius 2 is 1.93 bits per heavy atom. The lowest BCUT2D eigenvalue weighted by Crippen LogP contribution is -2.41. The molecule has 1 fully saturated rings. The van der Waals surface area contributed by atoms with E-state index in [4.69, 9.17) is 14.6 Å². The Bertz CT molecular complexity index is 733. The maximum absolute atomic E-state index is 12.3. The molecule has 0 atom stereocenters. The normalized spacial score (nSPS) is 21.9. The third kappa shape index (κ3) is 5.90. The fourth-order valence-corrected chi connectivity index (χ4v) is 5.23. The highest BCUT2D eigenvalue weighted by molar-refractivity contribution is 7.99. The number of aromatic nitrogens is 2. The van der Waals surface area contributed by atoms with Gasteiger partial charge in [0.2, 0.25) is 0 Å². The second-order valence-corrected chi connectivity index (χ2v) is 10.2. The standard InChI is InChI=1S/C21H33N3O4S/c1-21(2,3)28-20(26)22-14-8-10-15(11-9-14)29-13-16-18(19(25)27-4)17-7-5-6-12-24(17)23-16/h14-15H,5-13H2,1-4H3,(H,22,26). The quantitative estimate of drug-likeness (QED) is 0.719. The number of aryl methyl sites for hydroxylation is 1. The van der Waals surface area contributed by atoms with Crippen LogP contribution in [0.3, 0.4) is 0 Å². The van der Waals surface area contributed by atoms with Crippen LogP contribution in [0.5, 0.6) is 0 Å². The van der Waals surface area contributed by atoms with E-state index in [-0.39, 0.29) is 18.1 Å². The van der Waals surface area contributed by atoms with Crippen molar-refractivity contribution in [1.82, 2.24) is 15.1 Å². The van der Waals surface area contributed by atoms with Gasteiger partial charge in [-0.25, -0.2) is 9.59 Å². The molecule has 1 aliphatic heterocycles. The number of hydrogen-bond acceptors (Lipinski definition) is 6. The molecule has 1 N–H and O–H groups in total. The number of amides is 1. The number of nitrogens with zero attached hydrogens (tertiary/aromatic N) is 2. The van der Waals surface area contributed by atoms with Gasteiger partial charge in [-0.15, -0.1) is 0 Å². The van der Waals surface area contributed by atoms with Crippen molar-refractivity contribution in [2.24, 2.45) is 0 Å². The molecule has 8 heteroatoms. The van der Waals surface area contributed by atoms with Gasteiger partial charge in [-0.2, -0.15) is 16.9 Å². The van der Waals surface area contributed by atoms with Crippen LogP contribution in [0.1, 0.15) is 81.0 Å². The molecule has 1 amide bonds. The lowest BCUT2D eigenvalue weighted by Gasteiger charge is -2.29. The van der Waals surface area contributed by atoms with E-state index < -0.39 is 5.60 Å². The van der Waals surface area contributed by atoms with Crippen LogP contribution in [0.25, 0.3) is 0 Å². The van der Waals surface area contributed by atoms with Crippen molar-refractivity contribution >= 4 is 23.8 Å². The summed E-state index contributed by atoms with van der Waals surface area (Å²) in [6.45, 7) is 6.49. The van der Waals surface area contributed by atoms with Gasteiger partial charge >= 0.3 is 12.1 Å². The van der Waals surface area contributed by atoms with Crippen LogP contribution >= 0.6 is 11.8 Å². The first-order valence-corrected chi connectivity index (χ1v) is 11.6. The number of methoxy groups -OCH3 is 1. The third-order valence-electron chi connectivity index (χ3n) is 5.40. The summed E-state index contributed by atoms with van der Waals surface area (Å²) in [5.74, 6) is 0.452. The highest BCUT2D eigenvalue weighted by atomic mass is 32.2. The van der Waals surface area contributed by atoms with Crippen molar-refractivity contribution < 1.29 is 19.1 Å². The van der Waals surface area contributed by atoms with Gasteiger partial charge in [0.05, 0.1) is 18.5 Å². The van der Waals surface area contributed by atoms with Gasteiger partial charge in [0.15, 0.2) is 0 Å². The number of carbonyl (C=O) groups excluding carboxylic acids is 2. The molecule has 0 bridgehead atoms. The molecule has 1 aliphatic carbocycles. The number of carbonyl (C=O) groups is 2. The van der Waals surface area contributed by atoms with Crippen molar-refractivity contribution in [3.8, 4) is 0 Å². The second kappa shape index (κ2) is 9.41. The second-order valence-electron chi connectivity index (χ2n) is 8.87. The molecule has 0 radical (unpaired) electrons. The van der Waals surface area contributed by atoms with Gasteiger partial charge < -0.3 is 14.8 Å². The zero-order valence-corrected chi connectivity index (χ0v) is 18.8. The van der Waals surface area contributed by atoms with E-state index in [1.165, 1.54) is 7.11 Å². The van der Waals surface area contributed by atoms with Crippen LogP contribution in [0.4, 0.5) is 4.79 Å². The maximum Gasteiger partial charge on any atom is 0.407 e. The van der Waals surface area contributed by atoms with Gasteiger partial charge in [-0.05, 0) is 65.7 Å². The minimum absolute atomic E-state index is 0.173. The molecule has 29 heavy (non-hydrogen) atoms. The Balaban J connectivity index is 1.51. The molecule has 0 unspecified atom stereocenters. The Hall–Kier alpha value is -1.70. The smallest absolute Gasteiger partial charge is 0.407 e. The molecule has 162 valence electrons. The van der Waals surface area contributed by atoms with Crippen molar-refractivity contribution in [3.63, 3.8) is 0 Å². The van der Waals surface area contributed by atoms with Crippen molar-refractivity contribution in [2.45, 2.75) is 94.9 Å². The molecule has 2 heterocycles. The zero-order chi connectivity index (χ0) is 21.0. The van der Waals surface area contributed by atoms with Gasteiger partial charge in [-0.1, -0.05) is 0 Å². The van der Waals surface area contributed by atoms with Crippen LogP contribution in [0.15, 0.2) is 0 Å². The van der Waals surface area contributed by atoms with Crippen LogP contribution in [-0.4, -0.2) is 45.8 Å². The molecule has 1 aromatic heterocycles. The number of hydrogen-bond donors (Lipinski definition) is 1. The molecule has 0 saturated heterocycles. The summed E-state index contributed by atoms with van der Waals surface area (Å²) in [4.78, 5) is 24.3. The van der Waals surface area contributed by atoms with E-state index in [1.807, 2.05) is 37.2 Å². The number of nitrogens with one attached hydrogen (secondary N) is 1. The van der Waals surface area contributed by atoms with E-state index in [2.05, 4.69) is 5.32 Å². The van der Waals surface area contributed by atoms with Crippen molar-refractivity contribution in [3.05, 3.63) is 17.0 Å². The fourth-order valence-electron chi connectivity index (χ4n) is 4.03. The number of rotatable bonds is 5. The highest BCUT2D eigenvalue weighted by Crippen LogP contribution is 2.33. The average molecular weight is 424 g/mol. The zero-order valence-electron chi connectivity index (χ0n) is 18.0. The van der Waals surface area contributed by atoms with Crippen LogP contribution in [0, 0.1) is 0 Å². The summed E-state index contributed by atoms with van der Waals surface area (Å²) in [6, 6.07) is 0.173. The Morgan fingerprint density at radius 3 is 2.59 bits per heavy atom. The minimum Gasteiger partial charge on any atom is -0.465 e. The largest absolute Gasteiger partial charge is 0.465 e. The first kappa shape index (κ1) is 22.0. The number of thioether (sulfide) groups is 1. The molecular formula is C21H33N3O4S.